The first-order chi connectivity index (χ1) is 8.15. The van der Waals surface area contributed by atoms with Crippen LogP contribution in [0.25, 0.3) is 0 Å². The van der Waals surface area contributed by atoms with Crippen LogP contribution in [0.5, 0.6) is 0 Å². The molecule has 0 rings (SSSR count). The molecular formula is C14H25NO3. The van der Waals surface area contributed by atoms with E-state index in [0.29, 0.717) is 13.1 Å². The smallest absolute Gasteiger partial charge is 0.306 e. The van der Waals surface area contributed by atoms with Gasteiger partial charge in [-0.25, -0.2) is 0 Å². The van der Waals surface area contributed by atoms with Crippen molar-refractivity contribution in [3.05, 3.63) is 12.2 Å². The number of amides is 1. The van der Waals surface area contributed by atoms with Gasteiger partial charge in [-0.15, -0.1) is 0 Å². The van der Waals surface area contributed by atoms with Gasteiger partial charge < -0.3 is 9.64 Å². The molecule has 104 valence electrons. The van der Waals surface area contributed by atoms with Crippen LogP contribution in [0.4, 0.5) is 0 Å². The van der Waals surface area contributed by atoms with Gasteiger partial charge in [0.1, 0.15) is 5.60 Å². The van der Waals surface area contributed by atoms with Crippen LogP contribution in [0.15, 0.2) is 12.2 Å². The first kappa shape index (κ1) is 16.7. The summed E-state index contributed by atoms with van der Waals surface area (Å²) in [4.78, 5) is 25.0. The summed E-state index contributed by atoms with van der Waals surface area (Å²) in [6.07, 6.45) is 0.318. The molecule has 0 aliphatic carbocycles. The highest BCUT2D eigenvalue weighted by Gasteiger charge is 2.18. The van der Waals surface area contributed by atoms with Gasteiger partial charge in [-0.05, 0) is 34.6 Å². The molecule has 0 spiro atoms. The zero-order valence-corrected chi connectivity index (χ0v) is 12.2. The monoisotopic (exact) mass is 255 g/mol. The van der Waals surface area contributed by atoms with E-state index in [1.165, 1.54) is 0 Å². The van der Waals surface area contributed by atoms with Crippen LogP contribution >= 0.6 is 0 Å². The lowest BCUT2D eigenvalue weighted by atomic mass is 10.2. The minimum atomic E-state index is -0.498. The Morgan fingerprint density at radius 1 is 1.22 bits per heavy atom. The minimum absolute atomic E-state index is 0.0358. The molecule has 0 fully saturated rings. The second-order valence-corrected chi connectivity index (χ2v) is 5.45. The molecule has 1 amide bonds. The highest BCUT2D eigenvalue weighted by Crippen LogP contribution is 2.10. The average Bonchev–Trinajstić information content (AvgIpc) is 2.19. The Bertz CT molecular complexity index is 315. The summed E-state index contributed by atoms with van der Waals surface area (Å²) in [5.74, 6) is -0.367. The van der Waals surface area contributed by atoms with Crippen LogP contribution in [-0.2, 0) is 14.3 Å². The van der Waals surface area contributed by atoms with E-state index in [1.54, 1.807) is 4.90 Å². The lowest BCUT2D eigenvalue weighted by Gasteiger charge is -2.22. The molecular weight excluding hydrogens is 230 g/mol. The van der Waals surface area contributed by atoms with Crippen molar-refractivity contribution in [2.24, 2.45) is 0 Å². The van der Waals surface area contributed by atoms with E-state index in [2.05, 4.69) is 6.58 Å². The number of esters is 1. The summed E-state index contributed by atoms with van der Waals surface area (Å²) in [7, 11) is 0. The molecule has 4 nitrogen and oxygen atoms in total. The standard InChI is InChI=1S/C14H25NO3/c1-7-15(10-11(2)3)12(16)8-9-13(17)18-14(4,5)6/h2,7-10H2,1,3-6H3. The van der Waals surface area contributed by atoms with E-state index in [-0.39, 0.29) is 24.7 Å². The third-order valence-electron chi connectivity index (χ3n) is 2.16. The van der Waals surface area contributed by atoms with Crippen molar-refractivity contribution in [2.75, 3.05) is 13.1 Å². The fourth-order valence-corrected chi connectivity index (χ4v) is 1.46. The Kier molecular flexibility index (Phi) is 6.66. The maximum Gasteiger partial charge on any atom is 0.306 e. The molecule has 0 aliphatic heterocycles. The van der Waals surface area contributed by atoms with Crippen molar-refractivity contribution >= 4 is 11.9 Å². The van der Waals surface area contributed by atoms with Crippen molar-refractivity contribution in [1.29, 1.82) is 0 Å². The van der Waals surface area contributed by atoms with E-state index in [9.17, 15) is 9.59 Å². The first-order valence-corrected chi connectivity index (χ1v) is 6.29. The van der Waals surface area contributed by atoms with Gasteiger partial charge in [-0.1, -0.05) is 12.2 Å². The first-order valence-electron chi connectivity index (χ1n) is 6.29. The summed E-state index contributed by atoms with van der Waals surface area (Å²) >= 11 is 0. The Morgan fingerprint density at radius 2 is 1.78 bits per heavy atom. The van der Waals surface area contributed by atoms with E-state index < -0.39 is 5.60 Å². The molecule has 18 heavy (non-hydrogen) atoms. The van der Waals surface area contributed by atoms with Crippen LogP contribution < -0.4 is 0 Å². The second-order valence-electron chi connectivity index (χ2n) is 5.45. The summed E-state index contributed by atoms with van der Waals surface area (Å²) in [6, 6.07) is 0. The highest BCUT2D eigenvalue weighted by molar-refractivity contribution is 5.81. The number of ether oxygens (including phenoxy) is 1. The number of hydrogen-bond donors (Lipinski definition) is 0. The Labute approximate surface area is 110 Å². The van der Waals surface area contributed by atoms with E-state index in [0.717, 1.165) is 5.57 Å². The van der Waals surface area contributed by atoms with Crippen molar-refractivity contribution in [1.82, 2.24) is 4.90 Å². The Morgan fingerprint density at radius 3 is 2.17 bits per heavy atom. The van der Waals surface area contributed by atoms with Gasteiger partial charge in [0.2, 0.25) is 5.91 Å². The molecule has 0 atom stereocenters. The third kappa shape index (κ3) is 7.87. The number of rotatable bonds is 6. The number of nitrogens with zero attached hydrogens (tertiary/aromatic N) is 1. The van der Waals surface area contributed by atoms with Gasteiger partial charge in [0.15, 0.2) is 0 Å². The van der Waals surface area contributed by atoms with Gasteiger partial charge in [0.05, 0.1) is 6.42 Å². The fraction of sp³-hybridized carbons (Fsp3) is 0.714. The van der Waals surface area contributed by atoms with E-state index in [4.69, 9.17) is 4.74 Å². The lowest BCUT2D eigenvalue weighted by Crippen LogP contribution is -2.33. The molecule has 0 saturated carbocycles. The van der Waals surface area contributed by atoms with Crippen LogP contribution in [0.1, 0.15) is 47.5 Å². The molecule has 0 unspecified atom stereocenters. The largest absolute Gasteiger partial charge is 0.460 e. The second kappa shape index (κ2) is 7.19. The topological polar surface area (TPSA) is 46.6 Å². The van der Waals surface area contributed by atoms with Crippen LogP contribution in [0.2, 0.25) is 0 Å². The van der Waals surface area contributed by atoms with Gasteiger partial charge in [-0.3, -0.25) is 9.59 Å². The Hall–Kier alpha value is -1.32. The van der Waals surface area contributed by atoms with Gasteiger partial charge in [0, 0.05) is 19.5 Å². The highest BCUT2D eigenvalue weighted by atomic mass is 16.6. The average molecular weight is 255 g/mol. The van der Waals surface area contributed by atoms with Gasteiger partial charge in [0.25, 0.3) is 0 Å². The normalized spacial score (nSPS) is 10.9. The molecule has 0 bridgehead atoms. The van der Waals surface area contributed by atoms with E-state index in [1.807, 2.05) is 34.6 Å². The number of likely N-dealkylation sites (N-methyl/N-ethyl adjacent to an activating group) is 1. The number of carbonyl (C=O) groups excluding carboxylic acids is 2. The summed E-state index contributed by atoms with van der Waals surface area (Å²) in [5.41, 5.74) is 0.435. The summed E-state index contributed by atoms with van der Waals surface area (Å²) < 4.78 is 5.16. The molecule has 0 N–H and O–H groups in total. The molecule has 0 aromatic heterocycles. The van der Waals surface area contributed by atoms with Crippen LogP contribution in [0.3, 0.4) is 0 Å². The molecule has 4 heteroatoms. The fourth-order valence-electron chi connectivity index (χ4n) is 1.46. The Balaban J connectivity index is 4.16. The van der Waals surface area contributed by atoms with Crippen LogP contribution in [0, 0.1) is 0 Å². The molecule has 0 aliphatic rings. The lowest BCUT2D eigenvalue weighted by molar-refractivity contribution is -0.156. The number of carbonyl (C=O) groups is 2. The summed E-state index contributed by atoms with van der Waals surface area (Å²) in [5, 5.41) is 0. The van der Waals surface area contributed by atoms with Crippen molar-refractivity contribution in [3.8, 4) is 0 Å². The quantitative estimate of drug-likeness (QED) is 0.541. The van der Waals surface area contributed by atoms with Crippen molar-refractivity contribution < 1.29 is 14.3 Å². The summed E-state index contributed by atoms with van der Waals surface area (Å²) in [6.45, 7) is 14.2. The van der Waals surface area contributed by atoms with Crippen LogP contribution in [-0.4, -0.2) is 35.5 Å². The van der Waals surface area contributed by atoms with Gasteiger partial charge >= 0.3 is 5.97 Å². The molecule has 0 saturated heterocycles. The zero-order valence-electron chi connectivity index (χ0n) is 12.2. The third-order valence-corrected chi connectivity index (χ3v) is 2.16. The maximum absolute atomic E-state index is 11.9. The predicted octanol–water partition coefficient (Wildman–Crippen LogP) is 2.53. The maximum atomic E-state index is 11.9. The van der Waals surface area contributed by atoms with Crippen molar-refractivity contribution in [3.63, 3.8) is 0 Å². The predicted molar refractivity (Wildman–Crippen MR) is 72.1 cm³/mol. The number of hydrogen-bond acceptors (Lipinski definition) is 3. The zero-order chi connectivity index (χ0) is 14.3. The molecule has 0 aromatic carbocycles. The van der Waals surface area contributed by atoms with Crippen molar-refractivity contribution in [2.45, 2.75) is 53.1 Å². The SMILES string of the molecule is C=C(C)CN(CC)C(=O)CCC(=O)OC(C)(C)C. The molecule has 0 heterocycles. The van der Waals surface area contributed by atoms with E-state index >= 15 is 0 Å². The molecule has 0 aromatic rings. The minimum Gasteiger partial charge on any atom is -0.460 e. The van der Waals surface area contributed by atoms with Gasteiger partial charge in [-0.2, -0.15) is 0 Å². The molecule has 0 radical (unpaired) electrons.